The highest BCUT2D eigenvalue weighted by atomic mass is 16.2. The van der Waals surface area contributed by atoms with Crippen molar-refractivity contribution >= 4 is 40.3 Å². The van der Waals surface area contributed by atoms with Crippen molar-refractivity contribution in [3.05, 3.63) is 141 Å². The van der Waals surface area contributed by atoms with E-state index < -0.39 is 0 Å². The fraction of sp³-hybridized carbons (Fsp3) is 0.578. The van der Waals surface area contributed by atoms with Crippen LogP contribution < -0.4 is 52.3 Å². The van der Waals surface area contributed by atoms with Crippen molar-refractivity contribution in [2.45, 2.75) is 164 Å². The van der Waals surface area contributed by atoms with Gasteiger partial charge in [0.15, 0.2) is 0 Å². The molecule has 5 N–H and O–H groups in total. The van der Waals surface area contributed by atoms with Crippen LogP contribution in [0.25, 0.3) is 0 Å². The summed E-state index contributed by atoms with van der Waals surface area (Å²) in [5.41, 5.74) is 8.07. The molecule has 0 saturated carbocycles. The summed E-state index contributed by atoms with van der Waals surface area (Å²) in [4.78, 5) is 107. The van der Waals surface area contributed by atoms with Crippen LogP contribution in [0, 0.1) is 34.6 Å². The summed E-state index contributed by atoms with van der Waals surface area (Å²) < 4.78 is 0. The van der Waals surface area contributed by atoms with Gasteiger partial charge in [0.25, 0.3) is 17.0 Å². The van der Waals surface area contributed by atoms with E-state index in [9.17, 15) is 28.8 Å². The number of dihydropyridines is 1. The van der Waals surface area contributed by atoms with Crippen LogP contribution in [0.1, 0.15) is 158 Å². The molecule has 0 bridgehead atoms. The average Bonchev–Trinajstić information content (AvgIpc) is 3.61. The van der Waals surface area contributed by atoms with E-state index in [0.717, 1.165) is 136 Å². The number of carbonyl (C=O) groups excluding carboxylic acids is 1. The van der Waals surface area contributed by atoms with Gasteiger partial charge in [-0.25, -0.2) is 15.0 Å². The summed E-state index contributed by atoms with van der Waals surface area (Å²) in [6.07, 6.45) is 25.2. The molecule has 84 heavy (non-hydrogen) atoms. The van der Waals surface area contributed by atoms with Gasteiger partial charge in [-0.3, -0.25) is 28.8 Å². The van der Waals surface area contributed by atoms with Crippen molar-refractivity contribution in [3.63, 3.8) is 0 Å². The number of amides is 1. The lowest BCUT2D eigenvalue weighted by Crippen LogP contribution is -2.31. The van der Waals surface area contributed by atoms with Crippen LogP contribution in [-0.2, 0) is 4.79 Å². The lowest BCUT2D eigenvalue weighted by Gasteiger charge is -2.31. The third kappa shape index (κ3) is 21.6. The van der Waals surface area contributed by atoms with Crippen LogP contribution in [0.5, 0.6) is 0 Å². The maximum absolute atomic E-state index is 11.3. The number of nitrogens with one attached hydrogen (secondary N) is 5. The van der Waals surface area contributed by atoms with Gasteiger partial charge < -0.3 is 54.3 Å². The Morgan fingerprint density at radius 2 is 0.595 bits per heavy atom. The number of aromatic nitrogens is 7. The average molecular weight is 1160 g/mol. The monoisotopic (exact) mass is 1150 g/mol. The molecule has 12 heterocycles. The van der Waals surface area contributed by atoms with Crippen LogP contribution in [0.2, 0.25) is 0 Å². The zero-order valence-electron chi connectivity index (χ0n) is 51.1. The van der Waals surface area contributed by atoms with Crippen molar-refractivity contribution in [1.29, 1.82) is 0 Å². The smallest absolute Gasteiger partial charge is 0.271 e. The number of allylic oxidation sites excluding steroid dienone is 1. The predicted octanol–water partition coefficient (Wildman–Crippen LogP) is 8.91. The molecule has 20 nitrogen and oxygen atoms in total. The van der Waals surface area contributed by atoms with Crippen LogP contribution in [0.4, 0.5) is 28.7 Å². The number of nitrogens with zero attached hydrogens (tertiary/aromatic N) is 9. The number of likely N-dealkylation sites (tertiary alicyclic amines) is 1. The van der Waals surface area contributed by atoms with E-state index in [-0.39, 0.29) is 33.7 Å². The normalized spacial score (nSPS) is 18.1. The zero-order chi connectivity index (χ0) is 59.8. The lowest BCUT2D eigenvalue weighted by molar-refractivity contribution is -0.113. The Bertz CT molecular complexity index is 2800. The minimum Gasteiger partial charge on any atom is -0.374 e. The number of carbonyl (C=O) groups is 1. The molecule has 0 unspecified atom stereocenters. The summed E-state index contributed by atoms with van der Waals surface area (Å²) in [5.74, 6) is 2.95. The molecule has 6 fully saturated rings. The number of rotatable bonds is 6. The van der Waals surface area contributed by atoms with Gasteiger partial charge in [-0.15, -0.1) is 0 Å². The Morgan fingerprint density at radius 3 is 0.869 bits per heavy atom. The van der Waals surface area contributed by atoms with Gasteiger partial charge >= 0.3 is 0 Å². The number of H-pyrrole nitrogens is 5. The number of anilines is 5. The molecule has 20 heteroatoms. The largest absolute Gasteiger partial charge is 0.374 e. The SMILES string of the molecule is CC1=NC(=O)C=C(N2CCCCC2)C1.Cc1cc(N2CCCCC2)cc(=O)[nH]1.Cc1cc(N2CCCCC2)cc(=O)[nH]1.Cc1cc(N2CCCCC2)cc(=O)[nH]1.Cc1nc(N2CCCCC2)cc(=O)[nH]1.Cc1nc(N2CCCCC2)cc(=O)[nH]1. The molecule has 0 radical (unpaired) electrons. The van der Waals surface area contributed by atoms with Crippen molar-refractivity contribution in [1.82, 2.24) is 39.8 Å². The molecule has 0 atom stereocenters. The molecular weight excluding hydrogens is 1060 g/mol. The van der Waals surface area contributed by atoms with Gasteiger partial charge in [0.05, 0.1) is 0 Å². The fourth-order valence-electron chi connectivity index (χ4n) is 11.8. The highest BCUT2D eigenvalue weighted by molar-refractivity contribution is 6.03. The first kappa shape index (κ1) is 64.1. The topological polar surface area (TPSA) is 239 Å². The first-order chi connectivity index (χ1) is 40.5. The highest BCUT2D eigenvalue weighted by Gasteiger charge is 2.20. The van der Waals surface area contributed by atoms with Gasteiger partial charge in [-0.1, -0.05) is 0 Å². The van der Waals surface area contributed by atoms with Crippen LogP contribution in [0.15, 0.2) is 89.3 Å². The van der Waals surface area contributed by atoms with Gasteiger partial charge in [0.2, 0.25) is 16.7 Å². The van der Waals surface area contributed by atoms with Crippen LogP contribution in [-0.4, -0.2) is 130 Å². The number of hydrogen-bond acceptors (Lipinski definition) is 14. The Kier molecular flexibility index (Phi) is 25.2. The maximum atomic E-state index is 11.3. The molecule has 7 aliphatic heterocycles. The third-order valence-corrected chi connectivity index (χ3v) is 15.9. The van der Waals surface area contributed by atoms with Gasteiger partial charge in [0.1, 0.15) is 23.3 Å². The zero-order valence-corrected chi connectivity index (χ0v) is 51.1. The van der Waals surface area contributed by atoms with E-state index in [0.29, 0.717) is 11.6 Å². The summed E-state index contributed by atoms with van der Waals surface area (Å²) >= 11 is 0. The molecule has 7 aliphatic rings. The van der Waals surface area contributed by atoms with E-state index in [1.54, 1.807) is 36.4 Å². The molecular formula is C64H94N14O6. The summed E-state index contributed by atoms with van der Waals surface area (Å²) in [6.45, 7) is 24.1. The molecule has 5 aromatic heterocycles. The molecule has 0 aliphatic carbocycles. The quantitative estimate of drug-likeness (QED) is 0.107. The summed E-state index contributed by atoms with van der Waals surface area (Å²) in [6, 6.07) is 14.4. The molecule has 456 valence electrons. The fourth-order valence-corrected chi connectivity index (χ4v) is 11.8. The Hall–Kier alpha value is -7.51. The van der Waals surface area contributed by atoms with E-state index >= 15 is 0 Å². The van der Waals surface area contributed by atoms with Gasteiger partial charge in [0, 0.05) is 167 Å². The number of aryl methyl sites for hydroxylation is 5. The van der Waals surface area contributed by atoms with E-state index in [2.05, 4.69) is 69.3 Å². The summed E-state index contributed by atoms with van der Waals surface area (Å²) in [7, 11) is 0. The van der Waals surface area contributed by atoms with Crippen molar-refractivity contribution in [2.75, 3.05) is 103 Å². The van der Waals surface area contributed by atoms with Crippen molar-refractivity contribution in [2.24, 2.45) is 4.99 Å². The minimum absolute atomic E-state index is 0.00516. The minimum atomic E-state index is -0.0886. The molecule has 0 aromatic carbocycles. The lowest BCUT2D eigenvalue weighted by atomic mass is 10.1. The van der Waals surface area contributed by atoms with E-state index in [1.165, 1.54) is 121 Å². The van der Waals surface area contributed by atoms with E-state index in [1.807, 2.05) is 59.7 Å². The van der Waals surface area contributed by atoms with Gasteiger partial charge in [-0.2, -0.15) is 0 Å². The second-order valence-electron chi connectivity index (χ2n) is 23.3. The first-order valence-electron chi connectivity index (χ1n) is 31.1. The van der Waals surface area contributed by atoms with Crippen LogP contribution >= 0.6 is 0 Å². The van der Waals surface area contributed by atoms with Crippen LogP contribution in [0.3, 0.4) is 0 Å². The second-order valence-corrected chi connectivity index (χ2v) is 23.3. The number of aromatic amines is 5. The molecule has 12 rings (SSSR count). The Morgan fingerprint density at radius 1 is 0.321 bits per heavy atom. The number of piperidine rings is 6. The standard InChI is InChI=1S/4C11H16N2O.2C10H15N3O/c4*1-9-7-10(8-11(14)12-9)13-5-3-2-4-6-13;2*1-8-11-9(7-10(14)12-8)13-5-3-2-4-6-13/h8H,2-7H2,1H3;3*7-8H,2-6H2,1H3,(H,12,14);2*7H,2-6H2,1H3,(H,11,12,14). The number of hydrogen-bond donors (Lipinski definition) is 5. The van der Waals surface area contributed by atoms with Gasteiger partial charge in [-0.05, 0) is 175 Å². The third-order valence-electron chi connectivity index (χ3n) is 15.9. The summed E-state index contributed by atoms with van der Waals surface area (Å²) in [5, 5.41) is 0. The Labute approximate surface area is 495 Å². The molecule has 1 amide bonds. The van der Waals surface area contributed by atoms with Crippen molar-refractivity contribution in [3.8, 4) is 0 Å². The number of pyridine rings is 3. The molecule has 5 aromatic rings. The first-order valence-corrected chi connectivity index (χ1v) is 31.1. The molecule has 0 spiro atoms. The highest BCUT2D eigenvalue weighted by Crippen LogP contribution is 2.23. The maximum Gasteiger partial charge on any atom is 0.271 e. The van der Waals surface area contributed by atoms with E-state index in [4.69, 9.17) is 0 Å². The second kappa shape index (κ2) is 33.1. The molecule has 6 saturated heterocycles. The number of aliphatic imine (C=N–C) groups is 1. The Balaban J connectivity index is 0.000000145. The predicted molar refractivity (Wildman–Crippen MR) is 341 cm³/mol. The van der Waals surface area contributed by atoms with Crippen molar-refractivity contribution < 1.29 is 4.79 Å².